The van der Waals surface area contributed by atoms with Gasteiger partial charge in [-0.2, -0.15) is 0 Å². The van der Waals surface area contributed by atoms with E-state index in [1.807, 2.05) is 19.9 Å². The molecule has 0 bridgehead atoms. The van der Waals surface area contributed by atoms with Gasteiger partial charge in [-0.25, -0.2) is 9.97 Å². The van der Waals surface area contributed by atoms with Gasteiger partial charge in [0.1, 0.15) is 12.1 Å². The van der Waals surface area contributed by atoms with Gasteiger partial charge < -0.3 is 14.2 Å². The summed E-state index contributed by atoms with van der Waals surface area (Å²) in [5, 5.41) is 5.00. The number of anilines is 1. The van der Waals surface area contributed by atoms with Crippen LogP contribution >= 0.6 is 0 Å². The maximum atomic E-state index is 5.38. The molecule has 0 aliphatic carbocycles. The summed E-state index contributed by atoms with van der Waals surface area (Å²) in [5.41, 5.74) is 4.29. The molecule has 136 valence electrons. The summed E-state index contributed by atoms with van der Waals surface area (Å²) < 4.78 is 10.7. The van der Waals surface area contributed by atoms with E-state index in [-0.39, 0.29) is 0 Å². The molecule has 3 aromatic rings. The van der Waals surface area contributed by atoms with E-state index in [0.29, 0.717) is 5.88 Å². The Morgan fingerprint density at radius 1 is 1.12 bits per heavy atom. The monoisotopic (exact) mass is 353 g/mol. The first-order valence-electron chi connectivity index (χ1n) is 8.83. The number of aryl methyl sites for hydroxylation is 2. The number of hydrogen-bond donors (Lipinski definition) is 0. The van der Waals surface area contributed by atoms with Crippen molar-refractivity contribution in [1.29, 1.82) is 0 Å². The van der Waals surface area contributed by atoms with Crippen molar-refractivity contribution in [3.63, 3.8) is 0 Å². The van der Waals surface area contributed by atoms with E-state index >= 15 is 0 Å². The lowest BCUT2D eigenvalue weighted by atomic mass is 10.1. The quantitative estimate of drug-likeness (QED) is 0.714. The Labute approximate surface area is 152 Å². The Morgan fingerprint density at radius 2 is 1.92 bits per heavy atom. The minimum atomic E-state index is 0.619. The van der Waals surface area contributed by atoms with Crippen LogP contribution in [0, 0.1) is 13.8 Å². The van der Waals surface area contributed by atoms with Crippen molar-refractivity contribution in [1.82, 2.24) is 20.0 Å². The van der Waals surface area contributed by atoms with Gasteiger partial charge in [0, 0.05) is 44.0 Å². The Kier molecular flexibility index (Phi) is 4.46. The third kappa shape index (κ3) is 3.10. The summed E-state index contributed by atoms with van der Waals surface area (Å²) in [4.78, 5) is 13.4. The van der Waals surface area contributed by atoms with E-state index in [2.05, 4.69) is 37.1 Å². The highest BCUT2D eigenvalue weighted by atomic mass is 16.5. The van der Waals surface area contributed by atoms with Crippen molar-refractivity contribution in [3.8, 4) is 5.88 Å². The molecule has 0 spiro atoms. The van der Waals surface area contributed by atoms with Crippen molar-refractivity contribution in [2.45, 2.75) is 20.4 Å². The van der Waals surface area contributed by atoms with E-state index in [1.54, 1.807) is 7.11 Å². The molecule has 1 saturated heterocycles. The average Bonchev–Trinajstić information content (AvgIpc) is 2.99. The van der Waals surface area contributed by atoms with Crippen LogP contribution in [0.15, 0.2) is 29.0 Å². The fourth-order valence-electron chi connectivity index (χ4n) is 3.50. The third-order valence-electron chi connectivity index (χ3n) is 5.08. The SMILES string of the molecule is COc1ncnc2ccc(N3CCN(Cc4c(C)noc4C)CC3)cc12. The fraction of sp³-hybridized carbons (Fsp3) is 0.421. The Morgan fingerprint density at radius 3 is 2.62 bits per heavy atom. The van der Waals surface area contributed by atoms with Gasteiger partial charge in [-0.15, -0.1) is 0 Å². The number of piperazine rings is 1. The number of rotatable bonds is 4. The van der Waals surface area contributed by atoms with Crippen LogP contribution < -0.4 is 9.64 Å². The number of aromatic nitrogens is 3. The van der Waals surface area contributed by atoms with Crippen LogP contribution in [-0.2, 0) is 6.54 Å². The van der Waals surface area contributed by atoms with Gasteiger partial charge in [0.15, 0.2) is 0 Å². The number of methoxy groups -OCH3 is 1. The third-order valence-corrected chi connectivity index (χ3v) is 5.08. The number of ether oxygens (including phenoxy) is 1. The van der Waals surface area contributed by atoms with Crippen LogP contribution in [0.1, 0.15) is 17.0 Å². The van der Waals surface area contributed by atoms with Crippen LogP contribution in [0.2, 0.25) is 0 Å². The molecular formula is C19H23N5O2. The number of benzene rings is 1. The minimum Gasteiger partial charge on any atom is -0.480 e. The van der Waals surface area contributed by atoms with Crippen LogP contribution in [0.5, 0.6) is 5.88 Å². The molecule has 0 amide bonds. The van der Waals surface area contributed by atoms with Gasteiger partial charge in [0.25, 0.3) is 0 Å². The highest BCUT2D eigenvalue weighted by molar-refractivity contribution is 5.86. The first-order chi connectivity index (χ1) is 12.7. The molecule has 4 rings (SSSR count). The predicted molar refractivity (Wildman–Crippen MR) is 99.6 cm³/mol. The van der Waals surface area contributed by atoms with Gasteiger partial charge in [-0.05, 0) is 32.0 Å². The summed E-state index contributed by atoms with van der Waals surface area (Å²) in [6, 6.07) is 6.28. The van der Waals surface area contributed by atoms with Gasteiger partial charge in [0.05, 0.1) is 23.7 Å². The van der Waals surface area contributed by atoms with Gasteiger partial charge in [-0.1, -0.05) is 5.16 Å². The highest BCUT2D eigenvalue weighted by Crippen LogP contribution is 2.27. The molecule has 1 fully saturated rings. The van der Waals surface area contributed by atoms with Gasteiger partial charge in [-0.3, -0.25) is 4.90 Å². The molecule has 1 aliphatic rings. The molecule has 0 unspecified atom stereocenters. The van der Waals surface area contributed by atoms with Crippen molar-refractivity contribution in [2.75, 3.05) is 38.2 Å². The molecule has 0 N–H and O–H groups in total. The zero-order valence-corrected chi connectivity index (χ0v) is 15.4. The molecule has 0 saturated carbocycles. The van der Waals surface area contributed by atoms with Crippen LogP contribution in [0.3, 0.4) is 0 Å². The van der Waals surface area contributed by atoms with E-state index < -0.39 is 0 Å². The molecule has 3 heterocycles. The molecule has 1 aliphatic heterocycles. The molecule has 0 atom stereocenters. The predicted octanol–water partition coefficient (Wildman–Crippen LogP) is 2.57. The first kappa shape index (κ1) is 16.8. The normalized spacial score (nSPS) is 15.6. The lowest BCUT2D eigenvalue weighted by Gasteiger charge is -2.36. The van der Waals surface area contributed by atoms with Crippen molar-refractivity contribution < 1.29 is 9.26 Å². The van der Waals surface area contributed by atoms with E-state index in [0.717, 1.165) is 55.1 Å². The molecule has 26 heavy (non-hydrogen) atoms. The average molecular weight is 353 g/mol. The highest BCUT2D eigenvalue weighted by Gasteiger charge is 2.20. The van der Waals surface area contributed by atoms with Crippen molar-refractivity contribution in [3.05, 3.63) is 41.5 Å². The maximum absolute atomic E-state index is 5.38. The summed E-state index contributed by atoms with van der Waals surface area (Å²) in [5.74, 6) is 1.54. The largest absolute Gasteiger partial charge is 0.480 e. The van der Waals surface area contributed by atoms with Crippen molar-refractivity contribution >= 4 is 16.6 Å². The number of hydrogen-bond acceptors (Lipinski definition) is 7. The van der Waals surface area contributed by atoms with Crippen molar-refractivity contribution in [2.24, 2.45) is 0 Å². The lowest BCUT2D eigenvalue weighted by molar-refractivity contribution is 0.248. The second-order valence-electron chi connectivity index (χ2n) is 6.65. The minimum absolute atomic E-state index is 0.619. The zero-order valence-electron chi connectivity index (χ0n) is 15.4. The standard InChI is InChI=1S/C19H23N5O2/c1-13-17(14(2)26-22-13)11-23-6-8-24(9-7-23)15-4-5-18-16(10-15)19(25-3)21-12-20-18/h4-5,10,12H,6-9,11H2,1-3H3. The van der Waals surface area contributed by atoms with Crippen LogP contribution in [-0.4, -0.2) is 53.3 Å². The van der Waals surface area contributed by atoms with Crippen LogP contribution in [0.4, 0.5) is 5.69 Å². The summed E-state index contributed by atoms with van der Waals surface area (Å²) in [6.07, 6.45) is 1.54. The Balaban J connectivity index is 1.47. The smallest absolute Gasteiger partial charge is 0.224 e. The molecule has 7 heteroatoms. The molecule has 0 radical (unpaired) electrons. The van der Waals surface area contributed by atoms with Crippen LogP contribution in [0.25, 0.3) is 10.9 Å². The van der Waals surface area contributed by atoms with Gasteiger partial charge in [0.2, 0.25) is 5.88 Å². The number of nitrogens with zero attached hydrogens (tertiary/aromatic N) is 5. The first-order valence-corrected chi connectivity index (χ1v) is 8.83. The topological polar surface area (TPSA) is 67.5 Å². The fourth-order valence-corrected chi connectivity index (χ4v) is 3.50. The Bertz CT molecular complexity index is 896. The number of fused-ring (bicyclic) bond motifs is 1. The second kappa shape index (κ2) is 6.92. The summed E-state index contributed by atoms with van der Waals surface area (Å²) >= 11 is 0. The lowest BCUT2D eigenvalue weighted by Crippen LogP contribution is -2.46. The van der Waals surface area contributed by atoms with E-state index in [4.69, 9.17) is 9.26 Å². The summed E-state index contributed by atoms with van der Waals surface area (Å²) in [6.45, 7) is 8.85. The van der Waals surface area contributed by atoms with Gasteiger partial charge >= 0.3 is 0 Å². The van der Waals surface area contributed by atoms with E-state index in [1.165, 1.54) is 17.6 Å². The zero-order chi connectivity index (χ0) is 18.1. The second-order valence-corrected chi connectivity index (χ2v) is 6.65. The maximum Gasteiger partial charge on any atom is 0.224 e. The Hall–Kier alpha value is -2.67. The molecular weight excluding hydrogens is 330 g/mol. The van der Waals surface area contributed by atoms with E-state index in [9.17, 15) is 0 Å². The molecule has 7 nitrogen and oxygen atoms in total. The molecule has 2 aromatic heterocycles. The summed E-state index contributed by atoms with van der Waals surface area (Å²) in [7, 11) is 1.64. The molecule has 1 aromatic carbocycles.